The summed E-state index contributed by atoms with van der Waals surface area (Å²) in [5.41, 5.74) is 3.23. The normalized spacial score (nSPS) is 21.1. The molecule has 0 saturated carbocycles. The fraction of sp³-hybridized carbons (Fsp3) is 0.269. The van der Waals surface area contributed by atoms with Crippen LogP contribution in [0.3, 0.4) is 0 Å². The molecule has 0 aliphatic carbocycles. The molecule has 2 aromatic carbocycles. The number of hydrogen-bond donors (Lipinski definition) is 1. The van der Waals surface area contributed by atoms with E-state index in [1.165, 1.54) is 12.1 Å². The molecule has 1 fully saturated rings. The molecule has 7 nitrogen and oxygen atoms in total. The molecule has 174 valence electrons. The number of aliphatic hydroxyl groups excluding tert-OH is 1. The summed E-state index contributed by atoms with van der Waals surface area (Å²) in [5.74, 6) is 0.780. The van der Waals surface area contributed by atoms with E-state index in [9.17, 15) is 14.3 Å². The number of methoxy groups -OCH3 is 1. The molecule has 1 atom stereocenters. The quantitative estimate of drug-likeness (QED) is 0.631. The van der Waals surface area contributed by atoms with E-state index in [-0.39, 0.29) is 24.9 Å². The van der Waals surface area contributed by atoms with Gasteiger partial charge in [0.15, 0.2) is 0 Å². The highest BCUT2D eigenvalue weighted by Gasteiger charge is 2.49. The van der Waals surface area contributed by atoms with E-state index < -0.39 is 5.54 Å². The summed E-state index contributed by atoms with van der Waals surface area (Å²) in [7, 11) is 1.62. The van der Waals surface area contributed by atoms with Gasteiger partial charge in [0.2, 0.25) is 5.91 Å². The van der Waals surface area contributed by atoms with Gasteiger partial charge in [-0.25, -0.2) is 9.37 Å². The third kappa shape index (κ3) is 3.60. The number of aromatic nitrogens is 2. The molecule has 34 heavy (non-hydrogen) atoms. The highest BCUT2D eigenvalue weighted by atomic mass is 19.1. The number of rotatable bonds is 5. The Labute approximate surface area is 196 Å². The first kappa shape index (κ1) is 22.0. The van der Waals surface area contributed by atoms with E-state index in [4.69, 9.17) is 4.74 Å². The first-order valence-electron chi connectivity index (χ1n) is 11.1. The Morgan fingerprint density at radius 3 is 2.68 bits per heavy atom. The van der Waals surface area contributed by atoms with Gasteiger partial charge in [0.25, 0.3) is 0 Å². The Morgan fingerprint density at radius 1 is 1.21 bits per heavy atom. The number of benzene rings is 2. The lowest BCUT2D eigenvalue weighted by atomic mass is 9.87. The van der Waals surface area contributed by atoms with Crippen LogP contribution in [0.25, 0.3) is 11.8 Å². The summed E-state index contributed by atoms with van der Waals surface area (Å²) in [6, 6.07) is 11.8. The van der Waals surface area contributed by atoms with Crippen molar-refractivity contribution in [3.8, 4) is 11.4 Å². The van der Waals surface area contributed by atoms with Crippen molar-refractivity contribution in [1.82, 2.24) is 14.5 Å². The van der Waals surface area contributed by atoms with Gasteiger partial charge < -0.3 is 14.4 Å². The number of carbonyl (C=O) groups excluding carboxylic acids is 1. The van der Waals surface area contributed by atoms with E-state index in [0.29, 0.717) is 30.0 Å². The SMILES string of the molecule is COc1cc(C=C2CCC(=O)N3C2=NCC3(CO)c2ccc(F)cc2)ccc1-n1cnc(C)c1. The average molecular weight is 461 g/mol. The van der Waals surface area contributed by atoms with Crippen molar-refractivity contribution in [2.24, 2.45) is 4.99 Å². The van der Waals surface area contributed by atoms with Crippen molar-refractivity contribution < 1.29 is 19.0 Å². The van der Waals surface area contributed by atoms with Gasteiger partial charge in [0, 0.05) is 12.6 Å². The van der Waals surface area contributed by atoms with Gasteiger partial charge >= 0.3 is 0 Å². The van der Waals surface area contributed by atoms with Crippen LogP contribution in [0, 0.1) is 12.7 Å². The zero-order valence-electron chi connectivity index (χ0n) is 19.0. The Balaban J connectivity index is 1.50. The fourth-order valence-corrected chi connectivity index (χ4v) is 4.70. The van der Waals surface area contributed by atoms with Crippen LogP contribution in [0.4, 0.5) is 4.39 Å². The van der Waals surface area contributed by atoms with E-state index in [0.717, 1.165) is 22.5 Å². The summed E-state index contributed by atoms with van der Waals surface area (Å²) >= 11 is 0. The topological polar surface area (TPSA) is 80.0 Å². The second-order valence-electron chi connectivity index (χ2n) is 8.59. The number of carbonyl (C=O) groups is 1. The highest BCUT2D eigenvalue weighted by Crippen LogP contribution is 2.40. The summed E-state index contributed by atoms with van der Waals surface area (Å²) in [6.45, 7) is 1.84. The van der Waals surface area contributed by atoms with Crippen molar-refractivity contribution in [1.29, 1.82) is 0 Å². The number of hydrogen-bond acceptors (Lipinski definition) is 5. The molecule has 1 unspecified atom stereocenters. The van der Waals surface area contributed by atoms with E-state index in [1.807, 2.05) is 42.0 Å². The minimum atomic E-state index is -1.03. The van der Waals surface area contributed by atoms with Crippen LogP contribution in [0.15, 0.2) is 65.6 Å². The first-order valence-corrected chi connectivity index (χ1v) is 11.1. The molecule has 2 aliphatic rings. The molecule has 1 N–H and O–H groups in total. The van der Waals surface area contributed by atoms with Crippen molar-refractivity contribution in [3.05, 3.63) is 83.2 Å². The van der Waals surface area contributed by atoms with Gasteiger partial charge in [-0.15, -0.1) is 0 Å². The van der Waals surface area contributed by atoms with Crippen LogP contribution in [0.2, 0.25) is 0 Å². The maximum absolute atomic E-state index is 13.5. The molecular weight excluding hydrogens is 435 g/mol. The number of imidazole rings is 1. The molecular formula is C26H25FN4O3. The molecule has 1 saturated heterocycles. The molecule has 5 rings (SSSR count). The number of amidine groups is 1. The van der Waals surface area contributed by atoms with Crippen molar-refractivity contribution in [2.45, 2.75) is 25.3 Å². The number of aryl methyl sites for hydroxylation is 1. The van der Waals surface area contributed by atoms with Crippen LogP contribution in [0.5, 0.6) is 5.75 Å². The van der Waals surface area contributed by atoms with Gasteiger partial charge in [-0.1, -0.05) is 18.2 Å². The van der Waals surface area contributed by atoms with Crippen LogP contribution in [-0.4, -0.2) is 51.6 Å². The van der Waals surface area contributed by atoms with Crippen molar-refractivity contribution in [3.63, 3.8) is 0 Å². The number of halogens is 1. The first-order chi connectivity index (χ1) is 16.4. The van der Waals surface area contributed by atoms with E-state index in [1.54, 1.807) is 30.5 Å². The predicted molar refractivity (Wildman–Crippen MR) is 126 cm³/mol. The maximum Gasteiger partial charge on any atom is 0.229 e. The van der Waals surface area contributed by atoms with E-state index in [2.05, 4.69) is 9.98 Å². The predicted octanol–water partition coefficient (Wildman–Crippen LogP) is 3.63. The molecule has 1 amide bonds. The molecule has 3 aromatic rings. The lowest BCUT2D eigenvalue weighted by Crippen LogP contribution is -2.54. The molecule has 0 radical (unpaired) electrons. The number of piperidine rings is 1. The molecule has 0 bridgehead atoms. The number of aliphatic hydroxyl groups is 1. The lowest BCUT2D eigenvalue weighted by molar-refractivity contribution is -0.133. The van der Waals surface area contributed by atoms with Gasteiger partial charge in [-0.3, -0.25) is 14.7 Å². The molecule has 8 heteroatoms. The summed E-state index contributed by atoms with van der Waals surface area (Å²) < 4.78 is 21.1. The van der Waals surface area contributed by atoms with Gasteiger partial charge in [0.1, 0.15) is 22.9 Å². The lowest BCUT2D eigenvalue weighted by Gasteiger charge is -2.40. The highest BCUT2D eigenvalue weighted by molar-refractivity contribution is 6.14. The third-order valence-corrected chi connectivity index (χ3v) is 6.45. The van der Waals surface area contributed by atoms with Gasteiger partial charge in [-0.05, 0) is 60.4 Å². The standard InChI is InChI=1S/C26H25FN4O3/c1-17-13-30(16-29-17)22-9-3-18(12-23(22)34-2)11-19-4-10-24(33)31-25(19)28-14-26(31,15-32)20-5-7-21(27)8-6-20/h3,5-9,11-13,16,32H,4,10,14-15H2,1-2H3. The van der Waals surface area contributed by atoms with Gasteiger partial charge in [0.05, 0.1) is 38.0 Å². The second-order valence-corrected chi connectivity index (χ2v) is 8.59. The Kier molecular flexibility index (Phi) is 5.53. The van der Waals surface area contributed by atoms with Crippen molar-refractivity contribution >= 4 is 17.8 Å². The van der Waals surface area contributed by atoms with Crippen LogP contribution >= 0.6 is 0 Å². The second kappa shape index (κ2) is 8.53. The zero-order valence-corrected chi connectivity index (χ0v) is 19.0. The Bertz CT molecular complexity index is 1310. The molecule has 2 aliphatic heterocycles. The number of aliphatic imine (C=N–C) groups is 1. The van der Waals surface area contributed by atoms with Crippen molar-refractivity contribution in [2.75, 3.05) is 20.3 Å². The van der Waals surface area contributed by atoms with Crippen LogP contribution in [0.1, 0.15) is 29.7 Å². The van der Waals surface area contributed by atoms with E-state index >= 15 is 0 Å². The Morgan fingerprint density at radius 2 is 2.00 bits per heavy atom. The number of nitrogens with zero attached hydrogens (tertiary/aromatic N) is 4. The zero-order chi connectivity index (χ0) is 23.9. The van der Waals surface area contributed by atoms with Crippen LogP contribution < -0.4 is 4.74 Å². The molecule has 0 spiro atoms. The average Bonchev–Trinajstić information content (AvgIpc) is 3.46. The largest absolute Gasteiger partial charge is 0.495 e. The molecule has 3 heterocycles. The molecule has 1 aromatic heterocycles. The maximum atomic E-state index is 13.5. The van der Waals surface area contributed by atoms with Crippen LogP contribution in [-0.2, 0) is 10.3 Å². The number of ether oxygens (including phenoxy) is 1. The summed E-state index contributed by atoms with van der Waals surface area (Å²) in [6.07, 6.45) is 6.52. The monoisotopic (exact) mass is 460 g/mol. The van der Waals surface area contributed by atoms with Gasteiger partial charge in [-0.2, -0.15) is 0 Å². The number of amides is 1. The Hall–Kier alpha value is -3.78. The fourth-order valence-electron chi connectivity index (χ4n) is 4.70. The summed E-state index contributed by atoms with van der Waals surface area (Å²) in [5, 5.41) is 10.4. The number of fused-ring (bicyclic) bond motifs is 1. The minimum absolute atomic E-state index is 0.102. The third-order valence-electron chi connectivity index (χ3n) is 6.45. The minimum Gasteiger partial charge on any atom is -0.495 e. The summed E-state index contributed by atoms with van der Waals surface area (Å²) in [4.78, 5) is 23.5. The smallest absolute Gasteiger partial charge is 0.229 e.